The molecule has 0 saturated heterocycles. The zero-order valence-electron chi connectivity index (χ0n) is 22.3. The number of halogens is 2. The number of nitrogens with zero attached hydrogens (tertiary/aromatic N) is 1. The number of carbonyl (C=O) groups excluding carboxylic acids is 2. The van der Waals surface area contributed by atoms with Gasteiger partial charge >= 0.3 is 0 Å². The molecule has 0 spiro atoms. The van der Waals surface area contributed by atoms with Gasteiger partial charge in [0.25, 0.3) is 0 Å². The highest BCUT2D eigenvalue weighted by molar-refractivity contribution is 14.1. The number of unbranched alkanes of at least 4 members (excludes halogenated alkanes) is 4. The number of amides is 2. The number of hydrogen-bond acceptors (Lipinski definition) is 5. The molecule has 2 amide bonds. The van der Waals surface area contributed by atoms with Crippen molar-refractivity contribution in [3.05, 3.63) is 75.1 Å². The zero-order chi connectivity index (χ0) is 28.2. The van der Waals surface area contributed by atoms with Crippen LogP contribution in [0.25, 0.3) is 0 Å². The first kappa shape index (κ1) is 31.0. The second-order valence-electron chi connectivity index (χ2n) is 9.76. The highest BCUT2D eigenvalue weighted by atomic mass is 127. The van der Waals surface area contributed by atoms with E-state index in [1.807, 2.05) is 18.2 Å². The molecule has 0 fully saturated rings. The molecular formula is C30H38FIN2O5. The van der Waals surface area contributed by atoms with Crippen molar-refractivity contribution in [2.24, 2.45) is 0 Å². The fraction of sp³-hybridized carbons (Fsp3) is 0.467. The summed E-state index contributed by atoms with van der Waals surface area (Å²) in [6.07, 6.45) is 4.96. The molecule has 0 aliphatic heterocycles. The number of para-hydroxylation sites is 1. The summed E-state index contributed by atoms with van der Waals surface area (Å²) in [6, 6.07) is 12.6. The molecule has 1 aliphatic rings. The average molecular weight is 653 g/mol. The number of hydrogen-bond donors (Lipinski definition) is 3. The Hall–Kier alpha value is -2.50. The van der Waals surface area contributed by atoms with Gasteiger partial charge in [0.05, 0.1) is 16.2 Å². The third-order valence-corrected chi connectivity index (χ3v) is 7.69. The molecule has 0 aromatic heterocycles. The van der Waals surface area contributed by atoms with Gasteiger partial charge in [0.1, 0.15) is 23.8 Å². The molecule has 0 unspecified atom stereocenters. The smallest absolute Gasteiger partial charge is 0.247 e. The van der Waals surface area contributed by atoms with Crippen molar-refractivity contribution >= 4 is 34.4 Å². The van der Waals surface area contributed by atoms with E-state index >= 15 is 0 Å². The highest BCUT2D eigenvalue weighted by Crippen LogP contribution is 2.31. The number of nitrogens with one attached hydrogen (secondary N) is 1. The summed E-state index contributed by atoms with van der Waals surface area (Å²) in [5.74, 6) is -0.334. The number of ether oxygens (including phenoxy) is 1. The molecule has 7 nitrogen and oxygen atoms in total. The van der Waals surface area contributed by atoms with E-state index in [2.05, 4.69) is 34.8 Å². The van der Waals surface area contributed by atoms with Gasteiger partial charge in [-0.15, -0.1) is 0 Å². The van der Waals surface area contributed by atoms with Crippen LogP contribution in [-0.2, 0) is 16.1 Å². The minimum atomic E-state index is -1.11. The van der Waals surface area contributed by atoms with Crippen molar-refractivity contribution in [3.63, 3.8) is 0 Å². The van der Waals surface area contributed by atoms with Gasteiger partial charge in [0.2, 0.25) is 11.8 Å². The van der Waals surface area contributed by atoms with Crippen molar-refractivity contribution in [2.75, 3.05) is 13.2 Å². The van der Waals surface area contributed by atoms with Crippen LogP contribution in [0.15, 0.2) is 60.2 Å². The van der Waals surface area contributed by atoms with Gasteiger partial charge in [0.15, 0.2) is 0 Å². The summed E-state index contributed by atoms with van der Waals surface area (Å²) in [5.41, 5.74) is 1.09. The number of aliphatic hydroxyl groups is 2. The molecule has 1 aliphatic carbocycles. The zero-order valence-corrected chi connectivity index (χ0v) is 24.5. The van der Waals surface area contributed by atoms with Crippen LogP contribution in [0.1, 0.15) is 57.4 Å². The largest absolute Gasteiger partial charge is 0.482 e. The normalized spacial score (nSPS) is 18.8. The van der Waals surface area contributed by atoms with Gasteiger partial charge in [-0.05, 0) is 64.9 Å². The monoisotopic (exact) mass is 652 g/mol. The van der Waals surface area contributed by atoms with Crippen LogP contribution in [0.4, 0.5) is 4.39 Å². The molecule has 3 rings (SSSR count). The molecule has 0 bridgehead atoms. The van der Waals surface area contributed by atoms with Crippen LogP contribution in [-0.4, -0.2) is 58.3 Å². The molecule has 2 aromatic rings. The second-order valence-corrected chi connectivity index (χ2v) is 10.9. The Morgan fingerprint density at radius 2 is 1.82 bits per heavy atom. The van der Waals surface area contributed by atoms with Crippen LogP contribution < -0.4 is 10.1 Å². The Balaban J connectivity index is 1.91. The summed E-state index contributed by atoms with van der Waals surface area (Å²) >= 11 is 2.14. The van der Waals surface area contributed by atoms with Gasteiger partial charge in [-0.2, -0.15) is 0 Å². The van der Waals surface area contributed by atoms with E-state index in [1.165, 1.54) is 12.1 Å². The number of rotatable bonds is 14. The van der Waals surface area contributed by atoms with Crippen LogP contribution in [0.2, 0.25) is 0 Å². The molecule has 39 heavy (non-hydrogen) atoms. The number of aliphatic hydroxyl groups excluding tert-OH is 2. The van der Waals surface area contributed by atoms with Crippen LogP contribution in [0.3, 0.4) is 0 Å². The van der Waals surface area contributed by atoms with E-state index in [9.17, 15) is 24.2 Å². The quantitative estimate of drug-likeness (QED) is 0.203. The summed E-state index contributed by atoms with van der Waals surface area (Å²) in [4.78, 5) is 28.2. The van der Waals surface area contributed by atoms with Gasteiger partial charge in [-0.3, -0.25) is 9.59 Å². The van der Waals surface area contributed by atoms with E-state index in [0.717, 1.165) is 41.2 Å². The summed E-state index contributed by atoms with van der Waals surface area (Å²) in [7, 11) is 0. The van der Waals surface area contributed by atoms with E-state index < -0.39 is 18.2 Å². The van der Waals surface area contributed by atoms with Gasteiger partial charge in [-0.1, -0.05) is 56.9 Å². The molecular weight excluding hydrogens is 614 g/mol. The second kappa shape index (κ2) is 15.9. The van der Waals surface area contributed by atoms with Crippen LogP contribution >= 0.6 is 22.6 Å². The Morgan fingerprint density at radius 3 is 2.51 bits per heavy atom. The number of carbonyl (C=O) groups is 2. The van der Waals surface area contributed by atoms with Crippen molar-refractivity contribution in [1.29, 1.82) is 0 Å². The van der Waals surface area contributed by atoms with Crippen molar-refractivity contribution in [2.45, 2.75) is 76.7 Å². The molecule has 212 valence electrons. The summed E-state index contributed by atoms with van der Waals surface area (Å²) < 4.78 is 20.6. The van der Waals surface area contributed by atoms with Gasteiger partial charge in [-0.25, -0.2) is 4.39 Å². The minimum absolute atomic E-state index is 0.0848. The van der Waals surface area contributed by atoms with Crippen molar-refractivity contribution < 1.29 is 28.9 Å². The SMILES string of the molecule is CCCCCCCC(=O)N(Cc1ccc(F)cc1)[C@@H]1CC(C(=O)NCCO)=C[C@H](Oc2ccccc2I)[C@H]1O. The Bertz CT molecular complexity index is 1110. The Kier molecular flexibility index (Phi) is 12.7. The average Bonchev–Trinajstić information content (AvgIpc) is 2.93. The fourth-order valence-electron chi connectivity index (χ4n) is 4.67. The first-order valence-electron chi connectivity index (χ1n) is 13.6. The van der Waals surface area contributed by atoms with E-state index in [4.69, 9.17) is 4.74 Å². The predicted molar refractivity (Wildman–Crippen MR) is 156 cm³/mol. The maximum Gasteiger partial charge on any atom is 0.247 e. The maximum absolute atomic E-state index is 13.6. The standard InChI is InChI=1S/C30H38FIN2O5/c1-2-3-4-5-6-11-28(36)34(20-21-12-14-23(31)15-13-21)25-18-22(30(38)33-16-17-35)19-27(29(25)37)39-26-10-8-7-9-24(26)32/h7-10,12-15,19,25,27,29,35,37H,2-6,11,16-18,20H2,1H3,(H,33,38)/t25-,27+,29+/m1/s1. The van der Waals surface area contributed by atoms with Crippen LogP contribution in [0, 0.1) is 9.39 Å². The molecule has 3 atom stereocenters. The summed E-state index contributed by atoms with van der Waals surface area (Å²) in [6.45, 7) is 2.18. The van der Waals surface area contributed by atoms with Gasteiger partial charge in [0, 0.05) is 31.5 Å². The lowest BCUT2D eigenvalue weighted by molar-refractivity contribution is -0.139. The lowest BCUT2D eigenvalue weighted by atomic mass is 9.87. The van der Waals surface area contributed by atoms with Crippen molar-refractivity contribution in [1.82, 2.24) is 10.2 Å². The molecule has 3 N–H and O–H groups in total. The lowest BCUT2D eigenvalue weighted by Crippen LogP contribution is -2.54. The third kappa shape index (κ3) is 9.29. The lowest BCUT2D eigenvalue weighted by Gasteiger charge is -2.40. The fourth-order valence-corrected chi connectivity index (χ4v) is 5.18. The molecule has 9 heteroatoms. The van der Waals surface area contributed by atoms with Crippen molar-refractivity contribution in [3.8, 4) is 5.75 Å². The molecule has 0 heterocycles. The predicted octanol–water partition coefficient (Wildman–Crippen LogP) is 4.74. The van der Waals surface area contributed by atoms with Gasteiger partial charge < -0.3 is 25.2 Å². The molecule has 0 radical (unpaired) electrons. The Morgan fingerprint density at radius 1 is 1.10 bits per heavy atom. The topological polar surface area (TPSA) is 99.1 Å². The van der Waals surface area contributed by atoms with E-state index in [0.29, 0.717) is 17.7 Å². The molecule has 0 saturated carbocycles. The summed E-state index contributed by atoms with van der Waals surface area (Å²) in [5, 5.41) is 23.4. The number of benzene rings is 2. The minimum Gasteiger partial charge on any atom is -0.482 e. The Labute approximate surface area is 243 Å². The maximum atomic E-state index is 13.6. The third-order valence-electron chi connectivity index (χ3n) is 6.80. The van der Waals surface area contributed by atoms with E-state index in [1.54, 1.807) is 29.2 Å². The first-order chi connectivity index (χ1) is 18.8. The highest BCUT2D eigenvalue weighted by Gasteiger charge is 2.40. The van der Waals surface area contributed by atoms with E-state index in [-0.39, 0.29) is 43.7 Å². The molecule has 2 aromatic carbocycles. The first-order valence-corrected chi connectivity index (χ1v) is 14.6. The van der Waals surface area contributed by atoms with Crippen LogP contribution in [0.5, 0.6) is 5.75 Å².